The average molecular weight is 715 g/mol. The fourth-order valence-corrected chi connectivity index (χ4v) is 4.81. The lowest BCUT2D eigenvalue weighted by molar-refractivity contribution is 0.0184. The van der Waals surface area contributed by atoms with Crippen LogP contribution in [0.5, 0.6) is 0 Å². The third-order valence-corrected chi connectivity index (χ3v) is 7.28. The summed E-state index contributed by atoms with van der Waals surface area (Å²) in [6.07, 6.45) is 0.986. The molecule has 0 N–H and O–H groups in total. The van der Waals surface area contributed by atoms with Crippen LogP contribution in [-0.4, -0.2) is 71.1 Å². The summed E-state index contributed by atoms with van der Waals surface area (Å²) in [4.78, 5) is 26.8. The molecule has 3 rings (SSSR count). The van der Waals surface area contributed by atoms with Crippen molar-refractivity contribution >= 4 is 58.6 Å². The van der Waals surface area contributed by atoms with Crippen molar-refractivity contribution in [1.29, 1.82) is 10.5 Å². The lowest BCUT2D eigenvalue weighted by atomic mass is 9.74. The minimum atomic E-state index is -0.552. The largest absolute Gasteiger partial charge is 0.444 e. The van der Waals surface area contributed by atoms with Gasteiger partial charge in [-0.25, -0.2) is 9.59 Å². The quantitative estimate of drug-likeness (QED) is 0.276. The smallest absolute Gasteiger partial charge is 0.410 e. The molecule has 0 unspecified atom stereocenters. The van der Waals surface area contributed by atoms with Crippen LogP contribution in [0.25, 0.3) is 0 Å². The van der Waals surface area contributed by atoms with Crippen LogP contribution in [-0.2, 0) is 21.3 Å². The number of nitriles is 2. The fraction of sp³-hybridized carbons (Fsp3) is 0.529. The molecule has 12 heteroatoms. The number of alkyl halides is 2. The van der Waals surface area contributed by atoms with Gasteiger partial charge >= 0.3 is 12.2 Å². The fourth-order valence-electron chi connectivity index (χ4n) is 4.15. The second-order valence-corrected chi connectivity index (χ2v) is 14.1. The number of amides is 2. The molecule has 2 aromatic rings. The van der Waals surface area contributed by atoms with E-state index in [0.29, 0.717) is 67.2 Å². The average Bonchev–Trinajstić information content (AvgIpc) is 2.98. The normalized spacial score (nSPS) is 13.8. The summed E-state index contributed by atoms with van der Waals surface area (Å²) < 4.78 is 10.6. The van der Waals surface area contributed by atoms with E-state index in [2.05, 4.69) is 12.1 Å². The highest BCUT2D eigenvalue weighted by atomic mass is 35.5. The molecule has 1 fully saturated rings. The van der Waals surface area contributed by atoms with Crippen LogP contribution >= 0.6 is 46.4 Å². The molecule has 2 aromatic carbocycles. The highest BCUT2D eigenvalue weighted by Crippen LogP contribution is 2.36. The first-order valence-electron chi connectivity index (χ1n) is 14.9. The van der Waals surface area contributed by atoms with Gasteiger partial charge in [-0.05, 0) is 89.8 Å². The molecule has 0 saturated carbocycles. The summed E-state index contributed by atoms with van der Waals surface area (Å²) in [6, 6.07) is 19.2. The van der Waals surface area contributed by atoms with Gasteiger partial charge in [0.15, 0.2) is 0 Å². The van der Waals surface area contributed by atoms with Gasteiger partial charge in [0.1, 0.15) is 11.2 Å². The van der Waals surface area contributed by atoms with Gasteiger partial charge in [0.2, 0.25) is 0 Å². The molecular formula is C34H44Cl4N4O4. The van der Waals surface area contributed by atoms with E-state index >= 15 is 0 Å². The number of carbonyl (C=O) groups excluding carboxylic acids is 2. The number of likely N-dealkylation sites (tertiary alicyclic amines) is 1. The van der Waals surface area contributed by atoms with Gasteiger partial charge in [0.25, 0.3) is 0 Å². The molecule has 0 radical (unpaired) electrons. The molecule has 0 aromatic heterocycles. The number of ether oxygens (including phenoxy) is 2. The number of nitrogens with zero attached hydrogens (tertiary/aromatic N) is 4. The van der Waals surface area contributed by atoms with Crippen molar-refractivity contribution in [3.63, 3.8) is 0 Å². The summed E-state index contributed by atoms with van der Waals surface area (Å²) in [7, 11) is 0. The van der Waals surface area contributed by atoms with Crippen molar-refractivity contribution < 1.29 is 19.1 Å². The molecule has 1 aliphatic rings. The molecule has 1 saturated heterocycles. The molecular weight excluding hydrogens is 670 g/mol. The minimum Gasteiger partial charge on any atom is -0.444 e. The molecule has 2 amide bonds. The van der Waals surface area contributed by atoms with Gasteiger partial charge < -0.3 is 19.3 Å². The Balaban J connectivity index is 0.000000378. The lowest BCUT2D eigenvalue weighted by Gasteiger charge is -2.38. The van der Waals surface area contributed by atoms with E-state index in [9.17, 15) is 14.9 Å². The number of halogens is 4. The summed E-state index contributed by atoms with van der Waals surface area (Å²) >= 11 is 22.7. The zero-order valence-electron chi connectivity index (χ0n) is 27.4. The van der Waals surface area contributed by atoms with Crippen molar-refractivity contribution in [3.05, 3.63) is 69.7 Å². The van der Waals surface area contributed by atoms with Gasteiger partial charge in [-0.15, -0.1) is 23.2 Å². The molecule has 0 bridgehead atoms. The second kappa shape index (κ2) is 19.7. The predicted octanol–water partition coefficient (Wildman–Crippen LogP) is 9.24. The first-order chi connectivity index (χ1) is 21.5. The first-order valence-corrected chi connectivity index (χ1v) is 16.7. The van der Waals surface area contributed by atoms with Crippen LogP contribution in [0.1, 0.15) is 65.5 Å². The molecule has 1 heterocycles. The van der Waals surface area contributed by atoms with Gasteiger partial charge in [0.05, 0.1) is 24.0 Å². The van der Waals surface area contributed by atoms with Crippen molar-refractivity contribution in [1.82, 2.24) is 9.80 Å². The van der Waals surface area contributed by atoms with Gasteiger partial charge in [-0.1, -0.05) is 47.5 Å². The number of hydrogen-bond donors (Lipinski definition) is 0. The molecule has 46 heavy (non-hydrogen) atoms. The third kappa shape index (κ3) is 15.6. The Hall–Kier alpha value is -2.88. The number of rotatable bonds is 6. The maximum absolute atomic E-state index is 12.1. The number of benzene rings is 2. The Morgan fingerprint density at radius 1 is 0.826 bits per heavy atom. The van der Waals surface area contributed by atoms with Crippen LogP contribution in [0.2, 0.25) is 10.0 Å². The van der Waals surface area contributed by atoms with Crippen molar-refractivity contribution in [3.8, 4) is 12.1 Å². The van der Waals surface area contributed by atoms with Crippen LogP contribution < -0.4 is 0 Å². The Morgan fingerprint density at radius 2 is 1.28 bits per heavy atom. The molecule has 252 valence electrons. The van der Waals surface area contributed by atoms with Crippen LogP contribution in [0.3, 0.4) is 0 Å². The predicted molar refractivity (Wildman–Crippen MR) is 186 cm³/mol. The first kappa shape index (κ1) is 41.1. The third-order valence-electron chi connectivity index (χ3n) is 6.44. The molecule has 0 spiro atoms. The SMILES string of the molecule is CC(C)(C)OC(=O)N(CCCl)CCCl.CC(C)(C)OC(=O)N1CCC(C#N)(c2ccc(Cl)cc2)CC1.N#CCc1ccc(Cl)cc1. The summed E-state index contributed by atoms with van der Waals surface area (Å²) in [5, 5.41) is 19.3. The van der Waals surface area contributed by atoms with E-state index in [1.165, 1.54) is 4.90 Å². The minimum absolute atomic E-state index is 0.310. The molecule has 1 aliphatic heterocycles. The van der Waals surface area contributed by atoms with E-state index in [-0.39, 0.29) is 12.2 Å². The number of piperidine rings is 1. The van der Waals surface area contributed by atoms with E-state index in [0.717, 1.165) is 11.1 Å². The highest BCUT2D eigenvalue weighted by Gasteiger charge is 2.38. The zero-order valence-corrected chi connectivity index (χ0v) is 30.4. The van der Waals surface area contributed by atoms with Crippen molar-refractivity contribution in [2.75, 3.05) is 37.9 Å². The van der Waals surface area contributed by atoms with Crippen LogP contribution in [0.4, 0.5) is 9.59 Å². The van der Waals surface area contributed by atoms with E-state index in [1.54, 1.807) is 29.2 Å². The monoisotopic (exact) mass is 712 g/mol. The highest BCUT2D eigenvalue weighted by molar-refractivity contribution is 6.30. The van der Waals surface area contributed by atoms with Gasteiger partial charge in [-0.3, -0.25) is 0 Å². The van der Waals surface area contributed by atoms with E-state index in [4.69, 9.17) is 61.1 Å². The van der Waals surface area contributed by atoms with Crippen molar-refractivity contribution in [2.24, 2.45) is 0 Å². The molecule has 0 aliphatic carbocycles. The maximum Gasteiger partial charge on any atom is 0.410 e. The molecule has 0 atom stereocenters. The van der Waals surface area contributed by atoms with Gasteiger partial charge in [-0.2, -0.15) is 10.5 Å². The Morgan fingerprint density at radius 3 is 1.67 bits per heavy atom. The molecule has 8 nitrogen and oxygen atoms in total. The summed E-state index contributed by atoms with van der Waals surface area (Å²) in [5.74, 6) is 0.770. The van der Waals surface area contributed by atoms with Gasteiger partial charge in [0, 0.05) is 48.0 Å². The zero-order chi connectivity index (χ0) is 35.0. The Labute approximate surface area is 294 Å². The summed E-state index contributed by atoms with van der Waals surface area (Å²) in [5.41, 5.74) is 0.434. The van der Waals surface area contributed by atoms with Crippen LogP contribution in [0, 0.1) is 22.7 Å². The Bertz CT molecular complexity index is 1300. The topological polar surface area (TPSA) is 107 Å². The maximum atomic E-state index is 12.1. The number of hydrogen-bond acceptors (Lipinski definition) is 6. The van der Waals surface area contributed by atoms with Crippen LogP contribution in [0.15, 0.2) is 48.5 Å². The summed E-state index contributed by atoms with van der Waals surface area (Å²) in [6.45, 7) is 13.0. The number of carbonyl (C=O) groups is 2. The second-order valence-electron chi connectivity index (χ2n) is 12.5. The van der Waals surface area contributed by atoms with E-state index in [1.807, 2.05) is 65.8 Å². The lowest BCUT2D eigenvalue weighted by Crippen LogP contribution is -2.46. The standard InChI is InChI=1S/C17H21ClN2O2.C9H17Cl2NO2.C8H6ClN/c1-16(2,3)22-15(21)20-10-8-17(12-19,9-11-20)13-4-6-14(18)7-5-13;1-9(2,3)14-8(13)12(6-4-10)7-5-11;9-8-3-1-7(2-4-8)5-6-10/h4-7H,8-11H2,1-3H3;4-7H2,1-3H3;1-4H,5H2. The van der Waals surface area contributed by atoms with E-state index < -0.39 is 16.6 Å². The Kier molecular flexibility index (Phi) is 17.6. The van der Waals surface area contributed by atoms with Crippen molar-refractivity contribution in [2.45, 2.75) is 77.4 Å².